The van der Waals surface area contributed by atoms with Crippen LogP contribution in [0.25, 0.3) is 12.2 Å². The molecule has 0 saturated carbocycles. The average molecular weight is 334 g/mol. The maximum absolute atomic E-state index is 10.2. The van der Waals surface area contributed by atoms with E-state index in [0.29, 0.717) is 17.5 Å². The fourth-order valence-corrected chi connectivity index (χ4v) is 2.64. The van der Waals surface area contributed by atoms with Gasteiger partial charge in [-0.15, -0.1) is 0 Å². The Morgan fingerprint density at radius 1 is 0.680 bits per heavy atom. The van der Waals surface area contributed by atoms with Crippen molar-refractivity contribution < 1.29 is 20.4 Å². The Kier molecular flexibility index (Phi) is 4.61. The molecule has 0 unspecified atom stereocenters. The molecule has 0 atom stereocenters. The Balaban J connectivity index is 1.96. The van der Waals surface area contributed by atoms with Crippen molar-refractivity contribution in [2.45, 2.75) is 6.42 Å². The number of rotatable bonds is 4. The highest BCUT2D eigenvalue weighted by Gasteiger charge is 2.10. The SMILES string of the molecule is Oc1ccc(Cc2c(O)cc(O)cc2/C=C/c2cccc(O)c2)cc1. The summed E-state index contributed by atoms with van der Waals surface area (Å²) in [7, 11) is 0. The van der Waals surface area contributed by atoms with Crippen LogP contribution in [0.4, 0.5) is 0 Å². The fourth-order valence-electron chi connectivity index (χ4n) is 2.64. The van der Waals surface area contributed by atoms with Crippen molar-refractivity contribution in [3.05, 3.63) is 82.9 Å². The lowest BCUT2D eigenvalue weighted by Crippen LogP contribution is -1.93. The van der Waals surface area contributed by atoms with E-state index in [0.717, 1.165) is 11.1 Å². The Labute approximate surface area is 145 Å². The van der Waals surface area contributed by atoms with Crippen molar-refractivity contribution in [1.82, 2.24) is 0 Å². The van der Waals surface area contributed by atoms with E-state index in [2.05, 4.69) is 0 Å². The van der Waals surface area contributed by atoms with Crippen LogP contribution >= 0.6 is 0 Å². The average Bonchev–Trinajstić information content (AvgIpc) is 2.57. The van der Waals surface area contributed by atoms with Gasteiger partial charge in [-0.25, -0.2) is 0 Å². The Morgan fingerprint density at radius 2 is 1.44 bits per heavy atom. The topological polar surface area (TPSA) is 80.9 Å². The molecule has 4 nitrogen and oxygen atoms in total. The molecule has 3 aromatic rings. The molecule has 0 spiro atoms. The first-order valence-corrected chi connectivity index (χ1v) is 7.81. The summed E-state index contributed by atoms with van der Waals surface area (Å²) in [6.07, 6.45) is 4.03. The lowest BCUT2D eigenvalue weighted by Gasteiger charge is -2.10. The van der Waals surface area contributed by atoms with Crippen molar-refractivity contribution in [3.8, 4) is 23.0 Å². The highest BCUT2D eigenvalue weighted by atomic mass is 16.3. The van der Waals surface area contributed by atoms with Crippen molar-refractivity contribution in [2.24, 2.45) is 0 Å². The number of aromatic hydroxyl groups is 4. The number of phenols is 4. The molecule has 0 amide bonds. The molecule has 4 heteroatoms. The maximum Gasteiger partial charge on any atom is 0.123 e. The molecule has 0 aliphatic rings. The van der Waals surface area contributed by atoms with Gasteiger partial charge in [0.05, 0.1) is 0 Å². The van der Waals surface area contributed by atoms with Crippen molar-refractivity contribution in [2.75, 3.05) is 0 Å². The second-order valence-electron chi connectivity index (χ2n) is 5.80. The van der Waals surface area contributed by atoms with E-state index in [1.807, 2.05) is 6.07 Å². The van der Waals surface area contributed by atoms with Gasteiger partial charge >= 0.3 is 0 Å². The van der Waals surface area contributed by atoms with Crippen molar-refractivity contribution in [1.29, 1.82) is 0 Å². The van der Waals surface area contributed by atoms with E-state index in [4.69, 9.17) is 0 Å². The van der Waals surface area contributed by atoms with Crippen LogP contribution in [0.1, 0.15) is 22.3 Å². The quantitative estimate of drug-likeness (QED) is 0.537. The minimum atomic E-state index is -0.0254. The zero-order chi connectivity index (χ0) is 17.8. The van der Waals surface area contributed by atoms with E-state index in [1.54, 1.807) is 60.7 Å². The van der Waals surface area contributed by atoms with E-state index >= 15 is 0 Å². The molecule has 0 saturated heterocycles. The van der Waals surface area contributed by atoms with Gasteiger partial charge in [0.25, 0.3) is 0 Å². The summed E-state index contributed by atoms with van der Waals surface area (Å²) < 4.78 is 0. The number of hydrogen-bond donors (Lipinski definition) is 4. The summed E-state index contributed by atoms with van der Waals surface area (Å²) in [6.45, 7) is 0. The second kappa shape index (κ2) is 7.01. The minimum absolute atomic E-state index is 0.00336. The Morgan fingerprint density at radius 3 is 2.16 bits per heavy atom. The molecule has 0 heterocycles. The van der Waals surface area contributed by atoms with E-state index in [9.17, 15) is 20.4 Å². The van der Waals surface area contributed by atoms with Crippen LogP contribution in [0.15, 0.2) is 60.7 Å². The maximum atomic E-state index is 10.2. The number of phenolic OH excluding ortho intramolecular Hbond substituents is 4. The molecule has 126 valence electrons. The van der Waals surface area contributed by atoms with E-state index in [1.165, 1.54) is 6.07 Å². The third kappa shape index (κ3) is 4.12. The molecule has 0 bridgehead atoms. The molecule has 3 rings (SSSR count). The monoisotopic (exact) mass is 334 g/mol. The van der Waals surface area contributed by atoms with Gasteiger partial charge < -0.3 is 20.4 Å². The van der Waals surface area contributed by atoms with E-state index < -0.39 is 0 Å². The molecule has 0 fully saturated rings. The van der Waals surface area contributed by atoms with E-state index in [-0.39, 0.29) is 23.0 Å². The van der Waals surface area contributed by atoms with Gasteiger partial charge in [-0.2, -0.15) is 0 Å². The normalized spacial score (nSPS) is 11.0. The largest absolute Gasteiger partial charge is 0.508 e. The standard InChI is InChI=1S/C21H18O4/c22-17-8-5-15(6-9-17)11-20-16(12-19(24)13-21(20)25)7-4-14-2-1-3-18(23)10-14/h1-10,12-13,22-25H,11H2/b7-4+. The minimum Gasteiger partial charge on any atom is -0.508 e. The number of benzene rings is 3. The smallest absolute Gasteiger partial charge is 0.123 e. The van der Waals surface area contributed by atoms with Crippen molar-refractivity contribution in [3.63, 3.8) is 0 Å². The highest BCUT2D eigenvalue weighted by molar-refractivity contribution is 5.74. The van der Waals surface area contributed by atoms with Crippen LogP contribution in [-0.2, 0) is 6.42 Å². The molecule has 3 aromatic carbocycles. The van der Waals surface area contributed by atoms with Gasteiger partial charge in [-0.3, -0.25) is 0 Å². The predicted octanol–water partition coefficient (Wildman–Crippen LogP) is 4.27. The summed E-state index contributed by atoms with van der Waals surface area (Å²) in [4.78, 5) is 0. The first-order chi connectivity index (χ1) is 12.0. The molecular weight excluding hydrogens is 316 g/mol. The highest BCUT2D eigenvalue weighted by Crippen LogP contribution is 2.31. The lowest BCUT2D eigenvalue weighted by atomic mass is 9.97. The summed E-state index contributed by atoms with van der Waals surface area (Å²) in [5.41, 5.74) is 3.07. The molecule has 0 aliphatic heterocycles. The first-order valence-electron chi connectivity index (χ1n) is 7.81. The van der Waals surface area contributed by atoms with Gasteiger partial charge in [0.1, 0.15) is 23.0 Å². The van der Waals surface area contributed by atoms with Crippen LogP contribution in [0.2, 0.25) is 0 Å². The lowest BCUT2D eigenvalue weighted by molar-refractivity contribution is 0.446. The third-order valence-electron chi connectivity index (χ3n) is 3.89. The van der Waals surface area contributed by atoms with Crippen LogP contribution in [-0.4, -0.2) is 20.4 Å². The third-order valence-corrected chi connectivity index (χ3v) is 3.89. The molecule has 0 aliphatic carbocycles. The van der Waals surface area contributed by atoms with Crippen LogP contribution in [0.3, 0.4) is 0 Å². The van der Waals surface area contributed by atoms with Crippen LogP contribution < -0.4 is 0 Å². The van der Waals surface area contributed by atoms with Crippen LogP contribution in [0.5, 0.6) is 23.0 Å². The Hall–Kier alpha value is -3.40. The summed E-state index contributed by atoms with van der Waals surface area (Å²) >= 11 is 0. The molecule has 0 aromatic heterocycles. The summed E-state index contributed by atoms with van der Waals surface area (Å²) in [6, 6.07) is 16.4. The van der Waals surface area contributed by atoms with Crippen LogP contribution in [0, 0.1) is 0 Å². The van der Waals surface area contributed by atoms with Gasteiger partial charge in [0, 0.05) is 18.1 Å². The first kappa shape index (κ1) is 16.5. The number of hydrogen-bond acceptors (Lipinski definition) is 4. The van der Waals surface area contributed by atoms with Gasteiger partial charge in [0.15, 0.2) is 0 Å². The summed E-state index contributed by atoms with van der Waals surface area (Å²) in [5, 5.41) is 39.0. The molecule has 0 radical (unpaired) electrons. The van der Waals surface area contributed by atoms with Gasteiger partial charge in [-0.05, 0) is 47.0 Å². The summed E-state index contributed by atoms with van der Waals surface area (Å²) in [5.74, 6) is 0.332. The fraction of sp³-hybridized carbons (Fsp3) is 0.0476. The van der Waals surface area contributed by atoms with Crippen molar-refractivity contribution >= 4 is 12.2 Å². The van der Waals surface area contributed by atoms with Gasteiger partial charge in [-0.1, -0.05) is 36.4 Å². The van der Waals surface area contributed by atoms with Gasteiger partial charge in [0.2, 0.25) is 0 Å². The molecular formula is C21H18O4. The zero-order valence-corrected chi connectivity index (χ0v) is 13.4. The second-order valence-corrected chi connectivity index (χ2v) is 5.80. The molecule has 4 N–H and O–H groups in total. The molecule has 25 heavy (non-hydrogen) atoms. The predicted molar refractivity (Wildman–Crippen MR) is 97.7 cm³/mol. The zero-order valence-electron chi connectivity index (χ0n) is 13.4. The Bertz CT molecular complexity index is 912.